The van der Waals surface area contributed by atoms with E-state index >= 15 is 0 Å². The molecule has 3 heterocycles. The summed E-state index contributed by atoms with van der Waals surface area (Å²) >= 11 is 0. The van der Waals surface area contributed by atoms with Crippen LogP contribution >= 0.6 is 0 Å². The molecule has 142 valence electrons. The Labute approximate surface area is 161 Å². The van der Waals surface area contributed by atoms with Gasteiger partial charge in [-0.05, 0) is 75.7 Å². The van der Waals surface area contributed by atoms with E-state index in [0.29, 0.717) is 22.6 Å². The summed E-state index contributed by atoms with van der Waals surface area (Å²) in [6.07, 6.45) is 1.17. The third kappa shape index (κ3) is 3.33. The summed E-state index contributed by atoms with van der Waals surface area (Å²) in [6.45, 7) is 7.33. The molecule has 0 atom stereocenters. The zero-order valence-corrected chi connectivity index (χ0v) is 16.2. The second-order valence-electron chi connectivity index (χ2n) is 7.80. The Morgan fingerprint density at radius 2 is 1.82 bits per heavy atom. The van der Waals surface area contributed by atoms with Crippen LogP contribution in [0.3, 0.4) is 0 Å². The van der Waals surface area contributed by atoms with Gasteiger partial charge in [-0.3, -0.25) is 0 Å². The molecule has 0 saturated heterocycles. The standard InChI is InChI=1S/C22H20FN3O2/c1-13-9-15-6-8-17(25-20(15)24-12-13)19-10-14-5-7-16(23)11-18(14)26(19)21(27)28-22(2,3)4/h5-12H,1-4H3. The lowest BCUT2D eigenvalue weighted by Crippen LogP contribution is -2.27. The number of carbonyl (C=O) groups excluding carboxylic acids is 1. The van der Waals surface area contributed by atoms with E-state index in [1.54, 1.807) is 39.1 Å². The number of aryl methyl sites for hydroxylation is 1. The zero-order valence-electron chi connectivity index (χ0n) is 16.2. The smallest absolute Gasteiger partial charge is 0.419 e. The molecule has 0 radical (unpaired) electrons. The summed E-state index contributed by atoms with van der Waals surface area (Å²) < 4.78 is 20.8. The van der Waals surface area contributed by atoms with Gasteiger partial charge in [-0.25, -0.2) is 23.7 Å². The van der Waals surface area contributed by atoms with Gasteiger partial charge in [-0.15, -0.1) is 0 Å². The molecule has 3 aromatic heterocycles. The lowest BCUT2D eigenvalue weighted by Gasteiger charge is -2.21. The van der Waals surface area contributed by atoms with Crippen molar-refractivity contribution in [2.75, 3.05) is 0 Å². The summed E-state index contributed by atoms with van der Waals surface area (Å²) in [7, 11) is 0. The minimum atomic E-state index is -0.686. The molecule has 4 rings (SSSR count). The van der Waals surface area contributed by atoms with Gasteiger partial charge in [0.15, 0.2) is 5.65 Å². The molecule has 5 nitrogen and oxygen atoms in total. The number of hydrogen-bond acceptors (Lipinski definition) is 4. The van der Waals surface area contributed by atoms with Crippen molar-refractivity contribution in [2.24, 2.45) is 0 Å². The highest BCUT2D eigenvalue weighted by atomic mass is 19.1. The number of fused-ring (bicyclic) bond motifs is 2. The summed E-state index contributed by atoms with van der Waals surface area (Å²) in [5.41, 5.74) is 2.46. The van der Waals surface area contributed by atoms with E-state index in [-0.39, 0.29) is 0 Å². The summed E-state index contributed by atoms with van der Waals surface area (Å²) in [5, 5.41) is 1.63. The fourth-order valence-corrected chi connectivity index (χ4v) is 3.13. The molecule has 0 aliphatic carbocycles. The van der Waals surface area contributed by atoms with Crippen LogP contribution in [0.4, 0.5) is 9.18 Å². The van der Waals surface area contributed by atoms with E-state index in [1.165, 1.54) is 16.7 Å². The van der Waals surface area contributed by atoms with Gasteiger partial charge in [0.25, 0.3) is 0 Å². The maximum absolute atomic E-state index is 13.9. The number of nitrogens with zero attached hydrogens (tertiary/aromatic N) is 3. The van der Waals surface area contributed by atoms with E-state index in [2.05, 4.69) is 9.97 Å². The van der Waals surface area contributed by atoms with E-state index < -0.39 is 17.5 Å². The normalized spacial score (nSPS) is 11.9. The number of carbonyl (C=O) groups is 1. The van der Waals surface area contributed by atoms with Gasteiger partial charge in [0.2, 0.25) is 0 Å². The summed E-state index contributed by atoms with van der Waals surface area (Å²) in [6, 6.07) is 11.9. The monoisotopic (exact) mass is 377 g/mol. The van der Waals surface area contributed by atoms with Crippen LogP contribution < -0.4 is 0 Å². The van der Waals surface area contributed by atoms with Crippen molar-refractivity contribution in [1.82, 2.24) is 14.5 Å². The van der Waals surface area contributed by atoms with Gasteiger partial charge in [0, 0.05) is 17.0 Å². The highest BCUT2D eigenvalue weighted by molar-refractivity contribution is 5.96. The van der Waals surface area contributed by atoms with Crippen LogP contribution in [0.5, 0.6) is 0 Å². The number of pyridine rings is 2. The maximum Gasteiger partial charge on any atom is 0.419 e. The molecule has 0 bridgehead atoms. The predicted octanol–water partition coefficient (Wildman–Crippen LogP) is 5.48. The Bertz CT molecular complexity index is 1220. The highest BCUT2D eigenvalue weighted by Gasteiger charge is 2.23. The molecule has 0 amide bonds. The molecule has 0 fully saturated rings. The van der Waals surface area contributed by atoms with E-state index in [0.717, 1.165) is 16.3 Å². The van der Waals surface area contributed by atoms with Crippen molar-refractivity contribution in [3.8, 4) is 11.4 Å². The van der Waals surface area contributed by atoms with Crippen molar-refractivity contribution in [2.45, 2.75) is 33.3 Å². The van der Waals surface area contributed by atoms with Gasteiger partial charge >= 0.3 is 6.09 Å². The lowest BCUT2D eigenvalue weighted by molar-refractivity contribution is 0.0547. The number of hydrogen-bond donors (Lipinski definition) is 0. The Hall–Kier alpha value is -3.28. The Morgan fingerprint density at radius 1 is 1.07 bits per heavy atom. The van der Waals surface area contributed by atoms with Crippen LogP contribution in [0.15, 0.2) is 48.7 Å². The highest BCUT2D eigenvalue weighted by Crippen LogP contribution is 2.30. The molecule has 0 spiro atoms. The predicted molar refractivity (Wildman–Crippen MR) is 107 cm³/mol. The molecule has 1 aromatic carbocycles. The first-order valence-electron chi connectivity index (χ1n) is 8.99. The van der Waals surface area contributed by atoms with Crippen LogP contribution in [0.25, 0.3) is 33.3 Å². The third-order valence-electron chi connectivity index (χ3n) is 4.28. The quantitative estimate of drug-likeness (QED) is 0.441. The van der Waals surface area contributed by atoms with Crippen molar-refractivity contribution < 1.29 is 13.9 Å². The van der Waals surface area contributed by atoms with E-state index in [9.17, 15) is 9.18 Å². The van der Waals surface area contributed by atoms with Crippen molar-refractivity contribution in [3.05, 3.63) is 60.0 Å². The maximum atomic E-state index is 13.9. The Balaban J connectivity index is 1.94. The Morgan fingerprint density at radius 3 is 2.57 bits per heavy atom. The molecule has 6 heteroatoms. The molecule has 0 saturated carbocycles. The number of ether oxygens (including phenoxy) is 1. The number of aromatic nitrogens is 3. The third-order valence-corrected chi connectivity index (χ3v) is 4.28. The minimum absolute atomic E-state index is 0.425. The number of rotatable bonds is 1. The topological polar surface area (TPSA) is 57.0 Å². The molecule has 4 aromatic rings. The first-order chi connectivity index (χ1) is 13.2. The molecule has 0 N–H and O–H groups in total. The first kappa shape index (κ1) is 18.1. The molecule has 0 aliphatic rings. The molecular weight excluding hydrogens is 357 g/mol. The average molecular weight is 377 g/mol. The zero-order chi connectivity index (χ0) is 20.1. The fraction of sp³-hybridized carbons (Fsp3) is 0.227. The second kappa shape index (κ2) is 6.41. The van der Waals surface area contributed by atoms with Crippen LogP contribution in [0.2, 0.25) is 0 Å². The van der Waals surface area contributed by atoms with Gasteiger partial charge in [0.05, 0.1) is 16.9 Å². The van der Waals surface area contributed by atoms with Crippen LogP contribution in [-0.4, -0.2) is 26.2 Å². The second-order valence-corrected chi connectivity index (χ2v) is 7.80. The molecule has 0 aliphatic heterocycles. The minimum Gasteiger partial charge on any atom is -0.443 e. The van der Waals surface area contributed by atoms with E-state index in [4.69, 9.17) is 4.74 Å². The van der Waals surface area contributed by atoms with Crippen LogP contribution in [0.1, 0.15) is 26.3 Å². The SMILES string of the molecule is Cc1cnc2nc(-c3cc4ccc(F)cc4n3C(=O)OC(C)(C)C)ccc2c1. The summed E-state index contributed by atoms with van der Waals surface area (Å²) in [4.78, 5) is 21.9. The van der Waals surface area contributed by atoms with Gasteiger partial charge in [-0.2, -0.15) is 0 Å². The van der Waals surface area contributed by atoms with Gasteiger partial charge in [0.1, 0.15) is 11.4 Å². The van der Waals surface area contributed by atoms with Crippen LogP contribution in [-0.2, 0) is 4.74 Å². The summed E-state index contributed by atoms with van der Waals surface area (Å²) in [5.74, 6) is -0.425. The van der Waals surface area contributed by atoms with Crippen molar-refractivity contribution >= 4 is 28.0 Å². The number of benzene rings is 1. The Kier molecular flexibility index (Phi) is 4.14. The molecule has 0 unspecified atom stereocenters. The number of halogens is 1. The molecule has 28 heavy (non-hydrogen) atoms. The average Bonchev–Trinajstić information content (AvgIpc) is 2.98. The largest absolute Gasteiger partial charge is 0.443 e. The van der Waals surface area contributed by atoms with Crippen molar-refractivity contribution in [1.29, 1.82) is 0 Å². The van der Waals surface area contributed by atoms with Crippen molar-refractivity contribution in [3.63, 3.8) is 0 Å². The van der Waals surface area contributed by atoms with E-state index in [1.807, 2.05) is 25.1 Å². The molecular formula is C22H20FN3O2. The lowest BCUT2D eigenvalue weighted by atomic mass is 10.2. The first-order valence-corrected chi connectivity index (χ1v) is 8.99. The van der Waals surface area contributed by atoms with Gasteiger partial charge in [-0.1, -0.05) is 0 Å². The van der Waals surface area contributed by atoms with Gasteiger partial charge < -0.3 is 4.74 Å². The van der Waals surface area contributed by atoms with Crippen LogP contribution in [0, 0.1) is 12.7 Å². The fourth-order valence-electron chi connectivity index (χ4n) is 3.13.